The molecule has 0 saturated carbocycles. The zero-order chi connectivity index (χ0) is 16.6. The Balaban J connectivity index is 2.14. The van der Waals surface area contributed by atoms with E-state index in [2.05, 4.69) is 88.4 Å². The van der Waals surface area contributed by atoms with E-state index in [1.54, 1.807) is 0 Å². The fourth-order valence-corrected chi connectivity index (χ4v) is 3.58. The zero-order valence-electron chi connectivity index (χ0n) is 14.8. The molecule has 1 aliphatic heterocycles. The van der Waals surface area contributed by atoms with Crippen molar-refractivity contribution in [2.24, 2.45) is 5.92 Å². The maximum atomic E-state index is 4.76. The summed E-state index contributed by atoms with van der Waals surface area (Å²) in [7, 11) is 2.15. The van der Waals surface area contributed by atoms with Crippen LogP contribution in [0.15, 0.2) is 42.7 Å². The van der Waals surface area contributed by atoms with Crippen LogP contribution in [0.25, 0.3) is 6.08 Å². The van der Waals surface area contributed by atoms with Crippen molar-refractivity contribution >= 4 is 6.08 Å². The molecule has 1 aromatic heterocycles. The molecule has 1 atom stereocenters. The number of benzene rings is 1. The molecular weight excluding hydrogens is 280 g/mol. The molecule has 0 aliphatic carbocycles. The van der Waals surface area contributed by atoms with E-state index in [0.717, 1.165) is 6.42 Å². The summed E-state index contributed by atoms with van der Waals surface area (Å²) in [6, 6.07) is 10.9. The number of fused-ring (bicyclic) bond motifs is 1. The van der Waals surface area contributed by atoms with E-state index in [0.29, 0.717) is 5.92 Å². The van der Waals surface area contributed by atoms with Crippen LogP contribution in [0.3, 0.4) is 0 Å². The molecule has 0 amide bonds. The van der Waals surface area contributed by atoms with Crippen LogP contribution < -0.4 is 0 Å². The fourth-order valence-electron chi connectivity index (χ4n) is 3.58. The average Bonchev–Trinajstić information content (AvgIpc) is 2.51. The van der Waals surface area contributed by atoms with Crippen molar-refractivity contribution in [3.8, 4) is 0 Å². The van der Waals surface area contributed by atoms with Gasteiger partial charge in [0.25, 0.3) is 0 Å². The van der Waals surface area contributed by atoms with Gasteiger partial charge in [0.2, 0.25) is 0 Å². The molecule has 120 valence electrons. The minimum Gasteiger partial charge on any atom is -0.367 e. The van der Waals surface area contributed by atoms with Crippen LogP contribution in [0, 0.1) is 12.8 Å². The number of pyridine rings is 1. The van der Waals surface area contributed by atoms with Crippen molar-refractivity contribution in [3.63, 3.8) is 0 Å². The molecule has 0 N–H and O–H groups in total. The van der Waals surface area contributed by atoms with Gasteiger partial charge in [-0.2, -0.15) is 0 Å². The van der Waals surface area contributed by atoms with Crippen LogP contribution in [0.2, 0.25) is 0 Å². The molecule has 1 aromatic carbocycles. The minimum atomic E-state index is -0.182. The first kappa shape index (κ1) is 15.8. The summed E-state index contributed by atoms with van der Waals surface area (Å²) < 4.78 is 0. The van der Waals surface area contributed by atoms with E-state index >= 15 is 0 Å². The minimum absolute atomic E-state index is 0.182. The quantitative estimate of drug-likeness (QED) is 0.812. The lowest BCUT2D eigenvalue weighted by atomic mass is 9.78. The predicted molar refractivity (Wildman–Crippen MR) is 97.2 cm³/mol. The molecule has 1 unspecified atom stereocenters. The summed E-state index contributed by atoms with van der Waals surface area (Å²) in [5.74, 6) is 0.624. The molecule has 0 radical (unpaired) electrons. The van der Waals surface area contributed by atoms with Crippen LogP contribution in [-0.2, 0) is 12.0 Å². The third-order valence-corrected chi connectivity index (χ3v) is 4.99. The summed E-state index contributed by atoms with van der Waals surface area (Å²) in [6.07, 6.45) is 7.51. The highest BCUT2D eigenvalue weighted by Crippen LogP contribution is 2.41. The Bertz CT molecular complexity index is 745. The Morgan fingerprint density at radius 3 is 2.61 bits per heavy atom. The highest BCUT2D eigenvalue weighted by molar-refractivity contribution is 5.61. The molecule has 2 aromatic rings. The van der Waals surface area contributed by atoms with E-state index in [1.165, 1.54) is 27.9 Å². The standard InChI is InChI=1S/C21H26N2/c1-15(2)12-18-13-17-10-11-23(5)21(4,20(17)14-22-18)19-9-7-6-8-16(19)3/h6-11,13-15H,12H2,1-5H3. The van der Waals surface area contributed by atoms with Gasteiger partial charge < -0.3 is 4.90 Å². The van der Waals surface area contributed by atoms with Crippen molar-refractivity contribution in [2.75, 3.05) is 7.05 Å². The Morgan fingerprint density at radius 2 is 1.91 bits per heavy atom. The summed E-state index contributed by atoms with van der Waals surface area (Å²) in [5.41, 5.74) is 6.23. The van der Waals surface area contributed by atoms with Gasteiger partial charge in [0, 0.05) is 30.7 Å². The van der Waals surface area contributed by atoms with Crippen LogP contribution in [0.4, 0.5) is 0 Å². The van der Waals surface area contributed by atoms with Crippen molar-refractivity contribution in [2.45, 2.75) is 39.7 Å². The fraction of sp³-hybridized carbons (Fsp3) is 0.381. The molecule has 2 heteroatoms. The molecule has 0 bridgehead atoms. The molecule has 0 fully saturated rings. The van der Waals surface area contributed by atoms with Gasteiger partial charge in [-0.25, -0.2) is 0 Å². The number of rotatable bonds is 3. The predicted octanol–water partition coefficient (Wildman–Crippen LogP) is 4.77. The summed E-state index contributed by atoms with van der Waals surface area (Å²) in [5, 5.41) is 0. The van der Waals surface area contributed by atoms with Crippen LogP contribution in [-0.4, -0.2) is 16.9 Å². The topological polar surface area (TPSA) is 16.1 Å². The Labute approximate surface area is 139 Å². The summed E-state index contributed by atoms with van der Waals surface area (Å²) in [6.45, 7) is 8.96. The summed E-state index contributed by atoms with van der Waals surface area (Å²) >= 11 is 0. The van der Waals surface area contributed by atoms with Gasteiger partial charge in [0.1, 0.15) is 0 Å². The number of hydrogen-bond donors (Lipinski definition) is 0. The highest BCUT2D eigenvalue weighted by atomic mass is 15.2. The van der Waals surface area contributed by atoms with Gasteiger partial charge in [0.15, 0.2) is 0 Å². The van der Waals surface area contributed by atoms with E-state index in [1.807, 2.05) is 0 Å². The summed E-state index contributed by atoms with van der Waals surface area (Å²) in [4.78, 5) is 7.05. The van der Waals surface area contributed by atoms with Gasteiger partial charge in [-0.3, -0.25) is 4.98 Å². The smallest absolute Gasteiger partial charge is 0.0892 e. The number of hydrogen-bond acceptors (Lipinski definition) is 2. The highest BCUT2D eigenvalue weighted by Gasteiger charge is 2.37. The molecule has 1 aliphatic rings. The SMILES string of the molecule is Cc1ccccc1C1(C)c2cnc(CC(C)C)cc2C=CN1C. The molecule has 2 nitrogen and oxygen atoms in total. The lowest BCUT2D eigenvalue weighted by molar-refractivity contribution is 0.250. The van der Waals surface area contributed by atoms with Crippen molar-refractivity contribution < 1.29 is 0 Å². The maximum Gasteiger partial charge on any atom is 0.0892 e. The molecule has 23 heavy (non-hydrogen) atoms. The largest absolute Gasteiger partial charge is 0.367 e. The zero-order valence-corrected chi connectivity index (χ0v) is 14.8. The van der Waals surface area contributed by atoms with Gasteiger partial charge in [-0.1, -0.05) is 38.1 Å². The first-order valence-electron chi connectivity index (χ1n) is 8.39. The number of aryl methyl sites for hydroxylation is 1. The second kappa shape index (κ2) is 5.84. The van der Waals surface area contributed by atoms with Gasteiger partial charge in [-0.05, 0) is 55.0 Å². The Hall–Kier alpha value is -2.09. The van der Waals surface area contributed by atoms with E-state index in [9.17, 15) is 0 Å². The Kier molecular flexibility index (Phi) is 4.01. The lowest BCUT2D eigenvalue weighted by Crippen LogP contribution is -2.42. The van der Waals surface area contributed by atoms with Gasteiger partial charge in [-0.15, -0.1) is 0 Å². The lowest BCUT2D eigenvalue weighted by Gasteiger charge is -2.43. The second-order valence-electron chi connectivity index (χ2n) is 7.17. The van der Waals surface area contributed by atoms with Crippen LogP contribution in [0.5, 0.6) is 0 Å². The van der Waals surface area contributed by atoms with E-state index in [-0.39, 0.29) is 5.54 Å². The van der Waals surface area contributed by atoms with Crippen molar-refractivity contribution in [3.05, 3.63) is 70.7 Å². The first-order chi connectivity index (χ1) is 10.9. The monoisotopic (exact) mass is 306 g/mol. The van der Waals surface area contributed by atoms with E-state index in [4.69, 9.17) is 4.98 Å². The Morgan fingerprint density at radius 1 is 1.17 bits per heavy atom. The molecular formula is C21H26N2. The van der Waals surface area contributed by atoms with Crippen molar-refractivity contribution in [1.29, 1.82) is 0 Å². The molecule has 0 saturated heterocycles. The van der Waals surface area contributed by atoms with Gasteiger partial charge in [0.05, 0.1) is 5.54 Å². The average molecular weight is 306 g/mol. The normalized spacial score (nSPS) is 20.0. The molecule has 0 spiro atoms. The third-order valence-electron chi connectivity index (χ3n) is 4.99. The van der Waals surface area contributed by atoms with E-state index < -0.39 is 0 Å². The van der Waals surface area contributed by atoms with Gasteiger partial charge >= 0.3 is 0 Å². The number of nitrogens with zero attached hydrogens (tertiary/aromatic N) is 2. The maximum absolute atomic E-state index is 4.76. The third kappa shape index (κ3) is 2.67. The molecule has 2 heterocycles. The van der Waals surface area contributed by atoms with Crippen LogP contribution >= 0.6 is 0 Å². The number of aromatic nitrogens is 1. The van der Waals surface area contributed by atoms with Crippen LogP contribution in [0.1, 0.15) is 48.7 Å². The second-order valence-corrected chi connectivity index (χ2v) is 7.17. The first-order valence-corrected chi connectivity index (χ1v) is 8.39. The van der Waals surface area contributed by atoms with Crippen molar-refractivity contribution in [1.82, 2.24) is 9.88 Å². The molecule has 3 rings (SSSR count).